The van der Waals surface area contributed by atoms with Crippen molar-refractivity contribution in [2.24, 2.45) is 11.5 Å². The molecule has 1 aromatic rings. The lowest BCUT2D eigenvalue weighted by Crippen LogP contribution is -2.30. The summed E-state index contributed by atoms with van der Waals surface area (Å²) < 4.78 is 18.5. The van der Waals surface area contributed by atoms with Crippen molar-refractivity contribution in [3.63, 3.8) is 0 Å². The number of amides is 1. The second-order valence-electron chi connectivity index (χ2n) is 3.47. The van der Waals surface area contributed by atoms with Crippen LogP contribution in [0.3, 0.4) is 0 Å². The van der Waals surface area contributed by atoms with Gasteiger partial charge in [0, 0.05) is 0 Å². The Labute approximate surface area is 93.4 Å². The number of hydrogen-bond donors (Lipinski definition) is 2. The van der Waals surface area contributed by atoms with Gasteiger partial charge in [-0.1, -0.05) is 6.07 Å². The SMILES string of the molecule is CC(Oc1ccc(CCN)cc1F)C(N)=O. The highest BCUT2D eigenvalue weighted by Crippen LogP contribution is 2.19. The lowest BCUT2D eigenvalue weighted by molar-refractivity contribution is -0.124. The Bertz CT molecular complexity index is 382. The van der Waals surface area contributed by atoms with Crippen LogP contribution in [0.4, 0.5) is 4.39 Å². The molecule has 1 rings (SSSR count). The number of nitrogens with two attached hydrogens (primary N) is 2. The van der Waals surface area contributed by atoms with Crippen LogP contribution in [0.2, 0.25) is 0 Å². The van der Waals surface area contributed by atoms with E-state index in [4.69, 9.17) is 16.2 Å². The molecule has 0 saturated carbocycles. The van der Waals surface area contributed by atoms with Crippen molar-refractivity contribution in [2.45, 2.75) is 19.4 Å². The van der Waals surface area contributed by atoms with E-state index in [1.54, 1.807) is 6.07 Å². The van der Waals surface area contributed by atoms with Gasteiger partial charge in [0.25, 0.3) is 5.91 Å². The quantitative estimate of drug-likeness (QED) is 0.770. The molecular weight excluding hydrogens is 211 g/mol. The topological polar surface area (TPSA) is 78.3 Å². The average molecular weight is 226 g/mol. The number of benzene rings is 1. The van der Waals surface area contributed by atoms with Crippen molar-refractivity contribution in [3.05, 3.63) is 29.6 Å². The Morgan fingerprint density at radius 3 is 2.75 bits per heavy atom. The second kappa shape index (κ2) is 5.46. The number of hydrogen-bond acceptors (Lipinski definition) is 3. The van der Waals surface area contributed by atoms with Gasteiger partial charge in [-0.15, -0.1) is 0 Å². The van der Waals surface area contributed by atoms with Gasteiger partial charge in [-0.05, 0) is 37.6 Å². The predicted octanol–water partition coefficient (Wildman–Crippen LogP) is 0.580. The molecule has 0 aliphatic rings. The van der Waals surface area contributed by atoms with Gasteiger partial charge in [0.05, 0.1) is 0 Å². The number of rotatable bonds is 5. The maximum atomic E-state index is 13.5. The lowest BCUT2D eigenvalue weighted by atomic mass is 10.1. The molecule has 0 spiro atoms. The fourth-order valence-electron chi connectivity index (χ4n) is 1.21. The van der Waals surface area contributed by atoms with Crippen LogP contribution in [0.25, 0.3) is 0 Å². The second-order valence-corrected chi connectivity index (χ2v) is 3.47. The molecule has 0 fully saturated rings. The Balaban J connectivity index is 2.78. The smallest absolute Gasteiger partial charge is 0.258 e. The zero-order valence-corrected chi connectivity index (χ0v) is 9.07. The van der Waals surface area contributed by atoms with Crippen molar-refractivity contribution in [1.29, 1.82) is 0 Å². The zero-order valence-electron chi connectivity index (χ0n) is 9.07. The van der Waals surface area contributed by atoms with Crippen molar-refractivity contribution >= 4 is 5.91 Å². The minimum Gasteiger partial charge on any atom is -0.478 e. The normalized spacial score (nSPS) is 12.2. The van der Waals surface area contributed by atoms with Crippen molar-refractivity contribution in [3.8, 4) is 5.75 Å². The molecule has 1 unspecified atom stereocenters. The average Bonchev–Trinajstić information content (AvgIpc) is 2.22. The van der Waals surface area contributed by atoms with Crippen LogP contribution < -0.4 is 16.2 Å². The van der Waals surface area contributed by atoms with Gasteiger partial charge in [0.15, 0.2) is 17.7 Å². The van der Waals surface area contributed by atoms with Gasteiger partial charge in [-0.25, -0.2) is 4.39 Å². The van der Waals surface area contributed by atoms with Crippen LogP contribution >= 0.6 is 0 Å². The Hall–Kier alpha value is -1.62. The first-order valence-electron chi connectivity index (χ1n) is 4.99. The summed E-state index contributed by atoms with van der Waals surface area (Å²) in [6.07, 6.45) is -0.252. The summed E-state index contributed by atoms with van der Waals surface area (Å²) in [5.74, 6) is -1.13. The third-order valence-corrected chi connectivity index (χ3v) is 2.13. The van der Waals surface area contributed by atoms with Crippen molar-refractivity contribution in [2.75, 3.05) is 6.54 Å². The Kier molecular flexibility index (Phi) is 4.25. The molecule has 0 saturated heterocycles. The summed E-state index contributed by atoms with van der Waals surface area (Å²) in [6.45, 7) is 1.92. The van der Waals surface area contributed by atoms with E-state index in [0.29, 0.717) is 13.0 Å². The van der Waals surface area contributed by atoms with Gasteiger partial charge in [0.2, 0.25) is 0 Å². The number of ether oxygens (including phenoxy) is 1. The largest absolute Gasteiger partial charge is 0.478 e. The first-order valence-corrected chi connectivity index (χ1v) is 4.99. The van der Waals surface area contributed by atoms with Gasteiger partial charge < -0.3 is 16.2 Å². The van der Waals surface area contributed by atoms with E-state index in [2.05, 4.69) is 0 Å². The fraction of sp³-hybridized carbons (Fsp3) is 0.364. The molecule has 4 nitrogen and oxygen atoms in total. The summed E-state index contributed by atoms with van der Waals surface area (Å²) in [6, 6.07) is 4.52. The molecule has 0 bridgehead atoms. The van der Waals surface area contributed by atoms with Crippen LogP contribution in [-0.2, 0) is 11.2 Å². The minimum absolute atomic E-state index is 0.0204. The van der Waals surface area contributed by atoms with Gasteiger partial charge in [0.1, 0.15) is 0 Å². The molecule has 1 aromatic carbocycles. The van der Waals surface area contributed by atoms with E-state index < -0.39 is 17.8 Å². The van der Waals surface area contributed by atoms with Crippen LogP contribution in [0.15, 0.2) is 18.2 Å². The summed E-state index contributed by atoms with van der Waals surface area (Å²) >= 11 is 0. The fourth-order valence-corrected chi connectivity index (χ4v) is 1.21. The number of carbonyl (C=O) groups is 1. The molecule has 1 amide bonds. The van der Waals surface area contributed by atoms with E-state index in [9.17, 15) is 9.18 Å². The number of halogens is 1. The van der Waals surface area contributed by atoms with Crippen LogP contribution in [0.1, 0.15) is 12.5 Å². The van der Waals surface area contributed by atoms with E-state index in [-0.39, 0.29) is 5.75 Å². The lowest BCUT2D eigenvalue weighted by Gasteiger charge is -2.12. The molecule has 0 aliphatic carbocycles. The molecular formula is C11H15FN2O2. The maximum Gasteiger partial charge on any atom is 0.258 e. The molecule has 5 heteroatoms. The van der Waals surface area contributed by atoms with Gasteiger partial charge in [-0.2, -0.15) is 0 Å². The van der Waals surface area contributed by atoms with E-state index in [1.165, 1.54) is 19.1 Å². The molecule has 0 radical (unpaired) electrons. The van der Waals surface area contributed by atoms with Crippen LogP contribution in [-0.4, -0.2) is 18.6 Å². The third-order valence-electron chi connectivity index (χ3n) is 2.13. The molecule has 4 N–H and O–H groups in total. The van der Waals surface area contributed by atoms with Crippen molar-refractivity contribution < 1.29 is 13.9 Å². The minimum atomic E-state index is -0.852. The molecule has 88 valence electrons. The summed E-state index contributed by atoms with van der Waals surface area (Å²) in [4.78, 5) is 10.7. The predicted molar refractivity (Wildman–Crippen MR) is 58.4 cm³/mol. The maximum absolute atomic E-state index is 13.5. The first kappa shape index (κ1) is 12.4. The van der Waals surface area contributed by atoms with E-state index in [0.717, 1.165) is 5.56 Å². The summed E-state index contributed by atoms with van der Waals surface area (Å²) in [5.41, 5.74) is 11.2. The zero-order chi connectivity index (χ0) is 12.1. The molecule has 1 atom stereocenters. The Morgan fingerprint density at radius 2 is 2.25 bits per heavy atom. The standard InChI is InChI=1S/C11H15FN2O2/c1-7(11(14)15)16-10-3-2-8(4-5-13)6-9(10)12/h2-3,6-7H,4-5,13H2,1H3,(H2,14,15). The van der Waals surface area contributed by atoms with Crippen molar-refractivity contribution in [1.82, 2.24) is 0 Å². The molecule has 0 aromatic heterocycles. The highest BCUT2D eigenvalue weighted by Gasteiger charge is 2.13. The van der Waals surface area contributed by atoms with Crippen LogP contribution in [0.5, 0.6) is 5.75 Å². The Morgan fingerprint density at radius 1 is 1.56 bits per heavy atom. The number of carbonyl (C=O) groups excluding carboxylic acids is 1. The first-order chi connectivity index (χ1) is 7.54. The van der Waals surface area contributed by atoms with Crippen LogP contribution in [0, 0.1) is 5.82 Å². The monoisotopic (exact) mass is 226 g/mol. The highest BCUT2D eigenvalue weighted by atomic mass is 19.1. The van der Waals surface area contributed by atoms with Gasteiger partial charge >= 0.3 is 0 Å². The third kappa shape index (κ3) is 3.20. The van der Waals surface area contributed by atoms with E-state index >= 15 is 0 Å². The van der Waals surface area contributed by atoms with Gasteiger partial charge in [-0.3, -0.25) is 4.79 Å². The summed E-state index contributed by atoms with van der Waals surface area (Å²) in [7, 11) is 0. The molecule has 0 heterocycles. The molecule has 0 aliphatic heterocycles. The molecule has 16 heavy (non-hydrogen) atoms. The summed E-state index contributed by atoms with van der Waals surface area (Å²) in [5, 5.41) is 0. The highest BCUT2D eigenvalue weighted by molar-refractivity contribution is 5.78. The number of primary amides is 1. The van der Waals surface area contributed by atoms with E-state index in [1.807, 2.05) is 0 Å².